The molecular formula is C52H64Cl4O2Si2Zr2. The van der Waals surface area contributed by atoms with Gasteiger partial charge in [0, 0.05) is 0 Å². The summed E-state index contributed by atoms with van der Waals surface area (Å²) >= 11 is -1.65. The summed E-state index contributed by atoms with van der Waals surface area (Å²) in [5.74, 6) is 2.96. The second-order valence-electron chi connectivity index (χ2n) is 18.5. The van der Waals surface area contributed by atoms with Crippen LogP contribution in [0.15, 0.2) is 155 Å². The molecule has 62 heavy (non-hydrogen) atoms. The second-order valence-corrected chi connectivity index (χ2v) is 35.5. The Bertz CT molecular complexity index is 2170. The molecule has 0 spiro atoms. The monoisotopic (exact) mass is 1100 g/mol. The van der Waals surface area contributed by atoms with Gasteiger partial charge in [0.1, 0.15) is 0 Å². The van der Waals surface area contributed by atoms with E-state index in [9.17, 15) is 0 Å². The maximum atomic E-state index is 6.41. The summed E-state index contributed by atoms with van der Waals surface area (Å²) in [4.78, 5) is 0. The van der Waals surface area contributed by atoms with Crippen LogP contribution in [0.1, 0.15) is 63.8 Å². The fraction of sp³-hybridized carbons (Fsp3) is 0.308. The molecule has 6 aliphatic rings. The van der Waals surface area contributed by atoms with E-state index in [2.05, 4.69) is 217 Å². The van der Waals surface area contributed by atoms with E-state index in [0.29, 0.717) is 11.8 Å². The molecule has 2 aromatic rings. The summed E-state index contributed by atoms with van der Waals surface area (Å²) in [6.45, 7) is 39.0. The summed E-state index contributed by atoms with van der Waals surface area (Å²) < 4.78 is 12.8. The van der Waals surface area contributed by atoms with Gasteiger partial charge in [-0.05, 0) is 66.0 Å². The number of halogens is 4. The quantitative estimate of drug-likeness (QED) is 0.224. The second kappa shape index (κ2) is 24.7. The Hall–Kier alpha value is -1.72. The van der Waals surface area contributed by atoms with Gasteiger partial charge in [0.2, 0.25) is 16.6 Å². The third kappa shape index (κ3) is 15.2. The molecule has 0 amide bonds. The van der Waals surface area contributed by atoms with Crippen molar-refractivity contribution >= 4 is 61.8 Å². The maximum absolute atomic E-state index is 6.41. The zero-order valence-corrected chi connectivity index (χ0v) is 48.2. The molecule has 2 nitrogen and oxygen atoms in total. The van der Waals surface area contributed by atoms with Gasteiger partial charge < -0.3 is 8.85 Å². The van der Waals surface area contributed by atoms with Crippen LogP contribution in [0.3, 0.4) is 0 Å². The van der Waals surface area contributed by atoms with Crippen molar-refractivity contribution in [3.8, 4) is 0 Å². The minimum absolute atomic E-state index is 0.220. The van der Waals surface area contributed by atoms with Gasteiger partial charge in [0.15, 0.2) is 0 Å². The molecule has 0 aliphatic heterocycles. The molecule has 0 fully saturated rings. The number of hydrogen-bond donors (Lipinski definition) is 0. The first-order chi connectivity index (χ1) is 29.0. The number of rotatable bonds is 4. The van der Waals surface area contributed by atoms with Gasteiger partial charge in [-0.2, -0.15) is 62.1 Å². The Labute approximate surface area is 415 Å². The normalized spacial score (nSPS) is 18.5. The number of hydrogen-bond acceptors (Lipinski definition) is 2. The molecule has 0 aromatic heterocycles. The molecule has 0 heterocycles. The van der Waals surface area contributed by atoms with Crippen molar-refractivity contribution in [2.24, 2.45) is 11.8 Å². The van der Waals surface area contributed by atoms with E-state index >= 15 is 0 Å². The van der Waals surface area contributed by atoms with Crippen LogP contribution in [0, 0.1) is 39.5 Å². The first-order valence-corrected chi connectivity index (χ1v) is 39.3. The van der Waals surface area contributed by atoms with Crippen molar-refractivity contribution in [1.82, 2.24) is 0 Å². The zero-order chi connectivity index (χ0) is 46.5. The molecule has 0 saturated carbocycles. The van der Waals surface area contributed by atoms with Crippen molar-refractivity contribution in [1.29, 1.82) is 0 Å². The summed E-state index contributed by atoms with van der Waals surface area (Å²) in [6.07, 6.45) is 27.6. The van der Waals surface area contributed by atoms with E-state index in [1.165, 1.54) is 39.0 Å². The average molecular weight is 1100 g/mol. The van der Waals surface area contributed by atoms with Crippen molar-refractivity contribution in [2.45, 2.75) is 90.6 Å². The van der Waals surface area contributed by atoms with Crippen LogP contribution >= 0.6 is 34.1 Å². The van der Waals surface area contributed by atoms with Gasteiger partial charge in [-0.25, -0.2) is 0 Å². The molecule has 0 bridgehead atoms. The van der Waals surface area contributed by atoms with Gasteiger partial charge in [-0.15, -0.1) is 69.8 Å². The van der Waals surface area contributed by atoms with E-state index in [1.807, 2.05) is 0 Å². The molecule has 10 heteroatoms. The average Bonchev–Trinajstić information content (AvgIpc) is 3.96. The van der Waals surface area contributed by atoms with Crippen LogP contribution in [-0.2, 0) is 63.4 Å². The van der Waals surface area contributed by atoms with E-state index in [4.69, 9.17) is 42.9 Å². The molecule has 0 N–H and O–H groups in total. The van der Waals surface area contributed by atoms with Crippen molar-refractivity contribution in [3.63, 3.8) is 0 Å². The van der Waals surface area contributed by atoms with Crippen LogP contribution in [0.25, 0.3) is 11.1 Å². The third-order valence-corrected chi connectivity index (χ3v) is 21.0. The molecule has 0 radical (unpaired) electrons. The number of allylic oxidation sites excluding steroid dienone is 19. The van der Waals surface area contributed by atoms with Crippen LogP contribution in [-0.4, -0.2) is 16.6 Å². The fourth-order valence-corrected chi connectivity index (χ4v) is 8.77. The van der Waals surface area contributed by atoms with Crippen molar-refractivity contribution in [2.75, 3.05) is 0 Å². The van der Waals surface area contributed by atoms with E-state index in [0.717, 1.165) is 41.1 Å². The van der Waals surface area contributed by atoms with E-state index < -0.39 is 58.3 Å². The van der Waals surface area contributed by atoms with Gasteiger partial charge in [0.05, 0.1) is 0 Å². The van der Waals surface area contributed by atoms with Gasteiger partial charge >= 0.3 is 75.7 Å². The Morgan fingerprint density at radius 1 is 0.597 bits per heavy atom. The first-order valence-electron chi connectivity index (χ1n) is 20.8. The Morgan fingerprint density at radius 3 is 1.61 bits per heavy atom. The van der Waals surface area contributed by atoms with Crippen LogP contribution in [0.4, 0.5) is 0 Å². The molecule has 328 valence electrons. The molecule has 0 saturated heterocycles. The summed E-state index contributed by atoms with van der Waals surface area (Å²) in [6, 6.07) is 16.9. The van der Waals surface area contributed by atoms with E-state index in [-0.39, 0.29) is 10.1 Å². The van der Waals surface area contributed by atoms with Gasteiger partial charge in [-0.3, -0.25) is 0 Å². The molecular weight excluding hydrogens is 1040 g/mol. The van der Waals surface area contributed by atoms with Gasteiger partial charge in [-0.1, -0.05) is 121 Å². The van der Waals surface area contributed by atoms with E-state index in [1.54, 1.807) is 0 Å². The molecule has 6 aliphatic carbocycles. The van der Waals surface area contributed by atoms with Crippen LogP contribution < -0.4 is 0 Å². The molecule has 2 unspecified atom stereocenters. The molecule has 8 rings (SSSR count). The van der Waals surface area contributed by atoms with Crippen LogP contribution in [0.2, 0.25) is 36.3 Å². The minimum atomic E-state index is -1.77. The molecule has 2 atom stereocenters. The Morgan fingerprint density at radius 2 is 1.10 bits per heavy atom. The topological polar surface area (TPSA) is 18.5 Å². The summed E-state index contributed by atoms with van der Waals surface area (Å²) in [5, 5.41) is 0.452. The first kappa shape index (κ1) is 54.6. The SMILES string of the molecule is [CH2-]C1=C(O[Si](C)(C)C(C)(C)C)Cc2ccccc21.[CH2-]C1=C2C=CC=CC2C=C1.[CH2-]C1=C2C=CC=CC2C=C1O[Si](C)(C)C(C)(C)C.[CH2-]C1=CCc2ccccc21.[Cl][Zr+2][Cl].[Cl][Zr+2][Cl]. The Balaban J connectivity index is 0.000000217. The Kier molecular flexibility index (Phi) is 21.8. The predicted octanol–water partition coefficient (Wildman–Crippen LogP) is 17.2. The summed E-state index contributed by atoms with van der Waals surface area (Å²) in [5.41, 5.74) is 12.4. The third-order valence-electron chi connectivity index (χ3n) is 12.3. The standard InChI is InChI=1S/2C16H23OSi.2C10H9.4ClH.2Zr/c2*1-12-14-10-8-7-9-13(14)11-15(12)17-18(5,6)16(2,3)4;2*1-8-6-7-9-4-2-3-5-10(8)9;;;;;;/h7-10H,1,11H2,2-6H3;7-11,13H,1H2,2-6H3;2-6H,1,7H2;2-7,9H,1H2;4*1H;;/q4*-1;;;;;2*+4/p-4. The number of fused-ring (bicyclic) bond motifs is 4. The van der Waals surface area contributed by atoms with Gasteiger partial charge in [0.25, 0.3) is 0 Å². The number of benzene rings is 2. The predicted molar refractivity (Wildman–Crippen MR) is 271 cm³/mol. The fourth-order valence-electron chi connectivity index (χ4n) is 6.61. The summed E-state index contributed by atoms with van der Waals surface area (Å²) in [7, 11) is 16.2. The molecule has 2 aromatic carbocycles. The zero-order valence-electron chi connectivity index (χ0n) is 38.3. The van der Waals surface area contributed by atoms with Crippen molar-refractivity contribution in [3.05, 3.63) is 205 Å². The van der Waals surface area contributed by atoms with Crippen molar-refractivity contribution < 1.29 is 50.5 Å². The van der Waals surface area contributed by atoms with Crippen LogP contribution in [0.5, 0.6) is 0 Å².